The zero-order valence-electron chi connectivity index (χ0n) is 17.1. The van der Waals surface area contributed by atoms with Gasteiger partial charge in [-0.3, -0.25) is 14.4 Å². The van der Waals surface area contributed by atoms with Gasteiger partial charge in [-0.15, -0.1) is 0 Å². The molecule has 0 bridgehead atoms. The molecule has 1 saturated heterocycles. The quantitative estimate of drug-likeness (QED) is 0.277. The molecule has 2 amide bonds. The van der Waals surface area contributed by atoms with Crippen LogP contribution < -0.4 is 20.1 Å². The number of amides is 2. The van der Waals surface area contributed by atoms with Crippen molar-refractivity contribution in [2.24, 2.45) is 5.92 Å². The summed E-state index contributed by atoms with van der Waals surface area (Å²) < 4.78 is 5.01. The van der Waals surface area contributed by atoms with Crippen LogP contribution in [-0.2, 0) is 14.4 Å². The lowest BCUT2D eigenvalue weighted by Crippen LogP contribution is -2.41. The molecular weight excluding hydrogens is 426 g/mol. The standard InChI is InChI=1S/C24H19N3O4S/c1-16(28)31-20-14-12-17(13-15-20)25-22(32)21-23(29)26(18-8-4-2-5-9-18)27(24(21)30)19-10-6-3-7-11-19/h2-15,21H,1H3,(H,25,32). The fourth-order valence-electron chi connectivity index (χ4n) is 3.38. The van der Waals surface area contributed by atoms with E-state index in [1.54, 1.807) is 72.8 Å². The molecule has 0 aromatic heterocycles. The van der Waals surface area contributed by atoms with E-state index in [0.29, 0.717) is 22.8 Å². The number of hydrazine groups is 1. The number of benzene rings is 3. The van der Waals surface area contributed by atoms with Gasteiger partial charge in [-0.25, -0.2) is 10.0 Å². The molecule has 8 heteroatoms. The molecule has 7 nitrogen and oxygen atoms in total. The molecule has 1 aliphatic heterocycles. The van der Waals surface area contributed by atoms with Crippen molar-refractivity contribution in [3.05, 3.63) is 84.9 Å². The van der Waals surface area contributed by atoms with Crippen LogP contribution in [0.4, 0.5) is 17.1 Å². The summed E-state index contributed by atoms with van der Waals surface area (Å²) in [7, 11) is 0. The smallest absolute Gasteiger partial charge is 0.308 e. The van der Waals surface area contributed by atoms with Crippen molar-refractivity contribution in [1.29, 1.82) is 0 Å². The highest BCUT2D eigenvalue weighted by Crippen LogP contribution is 2.32. The Balaban J connectivity index is 1.62. The number of para-hydroxylation sites is 2. The van der Waals surface area contributed by atoms with Crippen LogP contribution in [0.1, 0.15) is 6.92 Å². The monoisotopic (exact) mass is 445 g/mol. The highest BCUT2D eigenvalue weighted by Gasteiger charge is 2.49. The highest BCUT2D eigenvalue weighted by molar-refractivity contribution is 7.80. The molecule has 0 saturated carbocycles. The van der Waals surface area contributed by atoms with Crippen molar-refractivity contribution in [3.8, 4) is 5.75 Å². The van der Waals surface area contributed by atoms with E-state index >= 15 is 0 Å². The minimum atomic E-state index is -1.18. The Kier molecular flexibility index (Phi) is 5.96. The van der Waals surface area contributed by atoms with Gasteiger partial charge in [-0.2, -0.15) is 0 Å². The number of hydrogen-bond acceptors (Lipinski definition) is 5. The van der Waals surface area contributed by atoms with Gasteiger partial charge in [0.1, 0.15) is 10.7 Å². The van der Waals surface area contributed by atoms with Crippen LogP contribution in [0.3, 0.4) is 0 Å². The Labute approximate surface area is 190 Å². The van der Waals surface area contributed by atoms with Gasteiger partial charge in [0.25, 0.3) is 11.8 Å². The van der Waals surface area contributed by atoms with Crippen LogP contribution in [0.15, 0.2) is 84.9 Å². The number of rotatable bonds is 5. The van der Waals surface area contributed by atoms with E-state index in [2.05, 4.69) is 5.32 Å². The van der Waals surface area contributed by atoms with Crippen LogP contribution in [0.5, 0.6) is 5.75 Å². The minimum Gasteiger partial charge on any atom is -0.427 e. The van der Waals surface area contributed by atoms with E-state index in [1.807, 2.05) is 12.1 Å². The molecule has 160 valence electrons. The number of carbonyl (C=O) groups is 3. The maximum atomic E-state index is 13.4. The topological polar surface area (TPSA) is 79.0 Å². The summed E-state index contributed by atoms with van der Waals surface area (Å²) in [6.07, 6.45) is 0. The fraction of sp³-hybridized carbons (Fsp3) is 0.0833. The molecular formula is C24H19N3O4S. The lowest BCUT2D eigenvalue weighted by atomic mass is 10.1. The molecule has 0 aliphatic carbocycles. The van der Waals surface area contributed by atoms with Crippen LogP contribution in [0, 0.1) is 5.92 Å². The molecule has 1 heterocycles. The molecule has 1 N–H and O–H groups in total. The lowest BCUT2D eigenvalue weighted by molar-refractivity contribution is -0.132. The average Bonchev–Trinajstić information content (AvgIpc) is 3.06. The van der Waals surface area contributed by atoms with E-state index in [-0.39, 0.29) is 4.99 Å². The van der Waals surface area contributed by atoms with Crippen molar-refractivity contribution in [1.82, 2.24) is 0 Å². The Bertz CT molecular complexity index is 1110. The maximum absolute atomic E-state index is 13.4. The summed E-state index contributed by atoms with van der Waals surface area (Å²) >= 11 is 5.47. The number of esters is 1. The van der Waals surface area contributed by atoms with Gasteiger partial charge in [0.2, 0.25) is 0 Å². The molecule has 1 aliphatic rings. The first-order valence-electron chi connectivity index (χ1n) is 9.83. The van der Waals surface area contributed by atoms with Gasteiger partial charge < -0.3 is 10.1 Å². The lowest BCUT2D eigenvalue weighted by Gasteiger charge is -2.27. The van der Waals surface area contributed by atoms with Crippen LogP contribution in [0.2, 0.25) is 0 Å². The normalized spacial score (nSPS) is 13.9. The molecule has 3 aromatic rings. The number of ether oxygens (including phenoxy) is 1. The van der Waals surface area contributed by atoms with E-state index in [9.17, 15) is 14.4 Å². The van der Waals surface area contributed by atoms with Gasteiger partial charge in [0, 0.05) is 12.6 Å². The summed E-state index contributed by atoms with van der Waals surface area (Å²) in [5.74, 6) is -2.12. The second-order valence-electron chi connectivity index (χ2n) is 7.01. The van der Waals surface area contributed by atoms with Gasteiger partial charge in [0.15, 0.2) is 5.92 Å². The molecule has 0 spiro atoms. The molecule has 1 fully saturated rings. The second kappa shape index (κ2) is 8.99. The predicted octanol–water partition coefficient (Wildman–Crippen LogP) is 3.96. The van der Waals surface area contributed by atoms with E-state index in [0.717, 1.165) is 0 Å². The molecule has 0 atom stereocenters. The number of carbonyl (C=O) groups excluding carboxylic acids is 3. The fourth-order valence-corrected chi connectivity index (χ4v) is 3.70. The number of nitrogens with one attached hydrogen (secondary N) is 1. The van der Waals surface area contributed by atoms with E-state index < -0.39 is 23.7 Å². The first-order valence-corrected chi connectivity index (χ1v) is 10.2. The number of hydrogen-bond donors (Lipinski definition) is 1. The summed E-state index contributed by atoms with van der Waals surface area (Å²) in [6.45, 7) is 1.32. The summed E-state index contributed by atoms with van der Waals surface area (Å²) in [5.41, 5.74) is 1.69. The third-order valence-corrected chi connectivity index (χ3v) is 5.10. The summed E-state index contributed by atoms with van der Waals surface area (Å²) in [5, 5.41) is 5.66. The first-order chi connectivity index (χ1) is 15.5. The van der Waals surface area contributed by atoms with E-state index in [1.165, 1.54) is 16.9 Å². The number of thiocarbonyl (C=S) groups is 1. The van der Waals surface area contributed by atoms with Gasteiger partial charge >= 0.3 is 5.97 Å². The largest absolute Gasteiger partial charge is 0.427 e. The van der Waals surface area contributed by atoms with Crippen LogP contribution in [-0.4, -0.2) is 22.8 Å². The van der Waals surface area contributed by atoms with Crippen LogP contribution in [0.25, 0.3) is 0 Å². The first kappa shape index (κ1) is 21.2. The van der Waals surface area contributed by atoms with Crippen LogP contribution >= 0.6 is 12.2 Å². The van der Waals surface area contributed by atoms with Gasteiger partial charge in [-0.05, 0) is 48.5 Å². The van der Waals surface area contributed by atoms with Crippen molar-refractivity contribution >= 4 is 52.1 Å². The zero-order valence-corrected chi connectivity index (χ0v) is 17.9. The molecule has 0 radical (unpaired) electrons. The minimum absolute atomic E-state index is 0.0830. The third-order valence-electron chi connectivity index (χ3n) is 4.76. The predicted molar refractivity (Wildman–Crippen MR) is 125 cm³/mol. The van der Waals surface area contributed by atoms with Crippen molar-refractivity contribution in [2.45, 2.75) is 6.92 Å². The second-order valence-corrected chi connectivity index (χ2v) is 7.45. The van der Waals surface area contributed by atoms with Gasteiger partial charge in [0.05, 0.1) is 11.4 Å². The van der Waals surface area contributed by atoms with Crippen molar-refractivity contribution < 1.29 is 19.1 Å². The average molecular weight is 446 g/mol. The molecule has 4 rings (SSSR count). The van der Waals surface area contributed by atoms with Crippen molar-refractivity contribution in [2.75, 3.05) is 15.3 Å². The SMILES string of the molecule is CC(=O)Oc1ccc(NC(=S)C2C(=O)N(c3ccccc3)N(c3ccccc3)C2=O)cc1. The molecule has 32 heavy (non-hydrogen) atoms. The summed E-state index contributed by atoms with van der Waals surface area (Å²) in [6, 6.07) is 24.4. The third kappa shape index (κ3) is 4.21. The molecule has 0 unspecified atom stereocenters. The van der Waals surface area contributed by atoms with Gasteiger partial charge in [-0.1, -0.05) is 48.6 Å². The Morgan fingerprint density at radius 1 is 0.812 bits per heavy atom. The zero-order chi connectivity index (χ0) is 22.7. The number of anilines is 3. The maximum Gasteiger partial charge on any atom is 0.308 e. The highest BCUT2D eigenvalue weighted by atomic mass is 32.1. The van der Waals surface area contributed by atoms with Crippen molar-refractivity contribution in [3.63, 3.8) is 0 Å². The molecule has 3 aromatic carbocycles. The summed E-state index contributed by atoms with van der Waals surface area (Å²) in [4.78, 5) is 37.9. The van der Waals surface area contributed by atoms with E-state index in [4.69, 9.17) is 17.0 Å². The Hall–Kier alpha value is -4.04. The Morgan fingerprint density at radius 3 is 1.72 bits per heavy atom. The Morgan fingerprint density at radius 2 is 1.28 bits per heavy atom. The number of nitrogens with zero attached hydrogens (tertiary/aromatic N) is 2.